The summed E-state index contributed by atoms with van der Waals surface area (Å²) in [5, 5.41) is 1.97. The van der Waals surface area contributed by atoms with E-state index in [0.29, 0.717) is 17.9 Å². The van der Waals surface area contributed by atoms with E-state index in [1.807, 2.05) is 48.5 Å². The molecule has 0 atom stereocenters. The van der Waals surface area contributed by atoms with Crippen LogP contribution in [-0.2, 0) is 11.3 Å². The molecule has 3 aromatic carbocycles. The van der Waals surface area contributed by atoms with E-state index in [4.69, 9.17) is 9.47 Å². The van der Waals surface area contributed by atoms with Gasteiger partial charge in [-0.25, -0.2) is 4.79 Å². The third-order valence-corrected chi connectivity index (χ3v) is 3.45. The zero-order valence-corrected chi connectivity index (χ0v) is 12.3. The Balaban J connectivity index is 1.83. The van der Waals surface area contributed by atoms with Crippen molar-refractivity contribution >= 4 is 16.7 Å². The monoisotopic (exact) mass is 292 g/mol. The number of carbonyl (C=O) groups is 1. The van der Waals surface area contributed by atoms with Crippen molar-refractivity contribution < 1.29 is 14.3 Å². The summed E-state index contributed by atoms with van der Waals surface area (Å²) in [5.41, 5.74) is 1.54. The summed E-state index contributed by atoms with van der Waals surface area (Å²) in [6, 6.07) is 20.7. The average Bonchev–Trinajstić information content (AvgIpc) is 2.56. The molecule has 0 unspecified atom stereocenters. The highest BCUT2D eigenvalue weighted by molar-refractivity contribution is 5.95. The van der Waals surface area contributed by atoms with Crippen LogP contribution in [-0.4, -0.2) is 13.1 Å². The van der Waals surface area contributed by atoms with Gasteiger partial charge in [-0.3, -0.25) is 0 Å². The minimum atomic E-state index is -0.361. The maximum absolute atomic E-state index is 12.3. The van der Waals surface area contributed by atoms with E-state index in [0.717, 1.165) is 16.3 Å². The van der Waals surface area contributed by atoms with Crippen molar-refractivity contribution in [2.75, 3.05) is 7.11 Å². The lowest BCUT2D eigenvalue weighted by Gasteiger charge is -2.08. The summed E-state index contributed by atoms with van der Waals surface area (Å²) in [6.45, 7) is 0.526. The van der Waals surface area contributed by atoms with Crippen molar-refractivity contribution in [3.8, 4) is 5.75 Å². The van der Waals surface area contributed by atoms with Gasteiger partial charge in [0, 0.05) is 12.5 Å². The van der Waals surface area contributed by atoms with Gasteiger partial charge in [-0.05, 0) is 29.1 Å². The molecule has 0 aromatic heterocycles. The molecule has 0 aliphatic carbocycles. The van der Waals surface area contributed by atoms with Crippen LogP contribution in [0.2, 0.25) is 0 Å². The van der Waals surface area contributed by atoms with Crippen molar-refractivity contribution in [3.05, 3.63) is 77.9 Å². The number of esters is 1. The van der Waals surface area contributed by atoms with Crippen LogP contribution < -0.4 is 4.74 Å². The van der Waals surface area contributed by atoms with Gasteiger partial charge >= 0.3 is 5.97 Å². The summed E-state index contributed by atoms with van der Waals surface area (Å²) in [5.74, 6) is 0.212. The van der Waals surface area contributed by atoms with E-state index in [1.54, 1.807) is 25.3 Å². The zero-order chi connectivity index (χ0) is 15.4. The predicted octanol–water partition coefficient (Wildman–Crippen LogP) is 4.21. The van der Waals surface area contributed by atoms with Crippen LogP contribution in [0.4, 0.5) is 0 Å². The number of rotatable bonds is 4. The van der Waals surface area contributed by atoms with Gasteiger partial charge in [0.15, 0.2) is 0 Å². The first kappa shape index (κ1) is 14.3. The van der Waals surface area contributed by atoms with Gasteiger partial charge in [0.2, 0.25) is 0 Å². The van der Waals surface area contributed by atoms with E-state index < -0.39 is 0 Å². The van der Waals surface area contributed by atoms with E-state index in [2.05, 4.69) is 0 Å². The minimum absolute atomic E-state index is 0.361. The number of benzene rings is 3. The first-order chi connectivity index (χ1) is 10.8. The second kappa shape index (κ2) is 6.41. The average molecular weight is 292 g/mol. The van der Waals surface area contributed by atoms with Crippen molar-refractivity contribution in [1.82, 2.24) is 0 Å². The molecule has 3 rings (SSSR count). The fourth-order valence-corrected chi connectivity index (χ4v) is 2.35. The van der Waals surface area contributed by atoms with Crippen LogP contribution in [0.5, 0.6) is 5.75 Å². The normalized spacial score (nSPS) is 10.6. The van der Waals surface area contributed by atoms with Gasteiger partial charge in [-0.15, -0.1) is 0 Å². The minimum Gasteiger partial charge on any atom is -0.422 e. The van der Waals surface area contributed by atoms with Crippen LogP contribution in [0.25, 0.3) is 10.8 Å². The Morgan fingerprint density at radius 2 is 1.64 bits per heavy atom. The number of carbonyl (C=O) groups excluding carboxylic acids is 1. The SMILES string of the molecule is COCc1ccc(C(=O)Oc2cccc3ccccc23)cc1. The van der Waals surface area contributed by atoms with Gasteiger partial charge in [0.05, 0.1) is 12.2 Å². The van der Waals surface area contributed by atoms with E-state index in [1.165, 1.54) is 0 Å². The highest BCUT2D eigenvalue weighted by Gasteiger charge is 2.10. The summed E-state index contributed by atoms with van der Waals surface area (Å²) in [4.78, 5) is 12.3. The number of methoxy groups -OCH3 is 1. The molecule has 3 nitrogen and oxygen atoms in total. The third-order valence-electron chi connectivity index (χ3n) is 3.45. The van der Waals surface area contributed by atoms with Crippen LogP contribution in [0.15, 0.2) is 66.7 Å². The largest absolute Gasteiger partial charge is 0.422 e. The Bertz CT molecular complexity index is 786. The Morgan fingerprint density at radius 1 is 0.909 bits per heavy atom. The molecule has 0 saturated carbocycles. The first-order valence-corrected chi connectivity index (χ1v) is 7.06. The molecular formula is C19H16O3. The molecule has 0 aliphatic heterocycles. The standard InChI is InChI=1S/C19H16O3/c1-21-13-14-9-11-16(12-10-14)19(20)22-18-8-4-6-15-5-2-3-7-17(15)18/h2-12H,13H2,1H3. The molecule has 0 radical (unpaired) electrons. The summed E-state index contributed by atoms with van der Waals surface area (Å²) in [6.07, 6.45) is 0. The van der Waals surface area contributed by atoms with Crippen molar-refractivity contribution in [3.63, 3.8) is 0 Å². The summed E-state index contributed by atoms with van der Waals surface area (Å²) >= 11 is 0. The maximum atomic E-state index is 12.3. The fourth-order valence-electron chi connectivity index (χ4n) is 2.35. The molecule has 110 valence electrons. The number of fused-ring (bicyclic) bond motifs is 1. The molecular weight excluding hydrogens is 276 g/mol. The van der Waals surface area contributed by atoms with Gasteiger partial charge < -0.3 is 9.47 Å². The van der Waals surface area contributed by atoms with Gasteiger partial charge in [0.25, 0.3) is 0 Å². The van der Waals surface area contributed by atoms with Crippen LogP contribution in [0.1, 0.15) is 15.9 Å². The Morgan fingerprint density at radius 3 is 2.41 bits per heavy atom. The van der Waals surface area contributed by atoms with Crippen LogP contribution >= 0.6 is 0 Å². The van der Waals surface area contributed by atoms with Crippen molar-refractivity contribution in [2.45, 2.75) is 6.61 Å². The second-order valence-electron chi connectivity index (χ2n) is 5.00. The Hall–Kier alpha value is -2.65. The fraction of sp³-hybridized carbons (Fsp3) is 0.105. The number of hydrogen-bond acceptors (Lipinski definition) is 3. The smallest absolute Gasteiger partial charge is 0.343 e. The van der Waals surface area contributed by atoms with Crippen LogP contribution in [0.3, 0.4) is 0 Å². The molecule has 0 fully saturated rings. The molecule has 0 bridgehead atoms. The van der Waals surface area contributed by atoms with Gasteiger partial charge in [-0.1, -0.05) is 48.5 Å². The summed E-state index contributed by atoms with van der Waals surface area (Å²) < 4.78 is 10.6. The third kappa shape index (κ3) is 3.00. The molecule has 3 heteroatoms. The quantitative estimate of drug-likeness (QED) is 0.534. The molecule has 0 saturated heterocycles. The molecule has 0 N–H and O–H groups in total. The molecule has 3 aromatic rings. The van der Waals surface area contributed by atoms with Gasteiger partial charge in [-0.2, -0.15) is 0 Å². The van der Waals surface area contributed by atoms with Crippen LogP contribution in [0, 0.1) is 0 Å². The van der Waals surface area contributed by atoms with Crippen molar-refractivity contribution in [2.24, 2.45) is 0 Å². The Kier molecular flexibility index (Phi) is 4.17. The maximum Gasteiger partial charge on any atom is 0.343 e. The zero-order valence-electron chi connectivity index (χ0n) is 12.3. The lowest BCUT2D eigenvalue weighted by Crippen LogP contribution is -2.08. The molecule has 22 heavy (non-hydrogen) atoms. The predicted molar refractivity (Wildman–Crippen MR) is 86.1 cm³/mol. The van der Waals surface area contributed by atoms with Crippen molar-refractivity contribution in [1.29, 1.82) is 0 Å². The lowest BCUT2D eigenvalue weighted by molar-refractivity contribution is 0.0737. The van der Waals surface area contributed by atoms with Gasteiger partial charge in [0.1, 0.15) is 5.75 Å². The van der Waals surface area contributed by atoms with E-state index in [-0.39, 0.29) is 5.97 Å². The molecule has 0 spiro atoms. The second-order valence-corrected chi connectivity index (χ2v) is 5.00. The molecule has 0 amide bonds. The Labute approximate surface area is 129 Å². The topological polar surface area (TPSA) is 35.5 Å². The number of hydrogen-bond donors (Lipinski definition) is 0. The van der Waals surface area contributed by atoms with E-state index in [9.17, 15) is 4.79 Å². The van der Waals surface area contributed by atoms with E-state index >= 15 is 0 Å². The highest BCUT2D eigenvalue weighted by Crippen LogP contribution is 2.25. The molecule has 0 heterocycles. The number of ether oxygens (including phenoxy) is 2. The molecule has 0 aliphatic rings. The first-order valence-electron chi connectivity index (χ1n) is 7.06. The summed E-state index contributed by atoms with van der Waals surface area (Å²) in [7, 11) is 1.64. The highest BCUT2D eigenvalue weighted by atomic mass is 16.5. The lowest BCUT2D eigenvalue weighted by atomic mass is 10.1.